The van der Waals surface area contributed by atoms with Crippen LogP contribution >= 0.6 is 0 Å². The van der Waals surface area contributed by atoms with Crippen molar-refractivity contribution < 1.29 is 26.3 Å². The third-order valence-corrected chi connectivity index (χ3v) is 10.6. The molecule has 0 saturated heterocycles. The van der Waals surface area contributed by atoms with Crippen molar-refractivity contribution in [3.05, 3.63) is 180 Å². The smallest absolute Gasteiger partial charge is 0.166 e. The van der Waals surface area contributed by atoms with Crippen molar-refractivity contribution in [2.75, 3.05) is 0 Å². The van der Waals surface area contributed by atoms with E-state index in [0.29, 0.717) is 6.42 Å². The molecule has 0 aliphatic heterocycles. The summed E-state index contributed by atoms with van der Waals surface area (Å²) in [5, 5.41) is 0. The lowest BCUT2D eigenvalue weighted by Crippen LogP contribution is -2.72. The Balaban J connectivity index is 0.000000204. The molecule has 48 heavy (non-hydrogen) atoms. The Hall–Kier alpha value is -4.69. The van der Waals surface area contributed by atoms with Crippen LogP contribution in [0.3, 0.4) is 0 Å². The molecule has 0 amide bonds. The van der Waals surface area contributed by atoms with Crippen LogP contribution in [0.25, 0.3) is 0 Å². The fourth-order valence-electron chi connectivity index (χ4n) is 6.40. The topological polar surface area (TPSA) is 0 Å². The molecule has 0 fully saturated rings. The van der Waals surface area contributed by atoms with Crippen LogP contribution < -0.4 is 16.4 Å². The highest BCUT2D eigenvalue weighted by Gasteiger charge is 2.41. The molecule has 0 aliphatic rings. The van der Waals surface area contributed by atoms with Gasteiger partial charge in [0.15, 0.2) is 14.7 Å². The molecule has 0 nitrogen and oxygen atoms in total. The molecule has 6 rings (SSSR count). The maximum absolute atomic E-state index is 15.0. The zero-order valence-electron chi connectivity index (χ0n) is 26.2. The number of halogens is 6. The van der Waals surface area contributed by atoms with Crippen LogP contribution in [-0.2, 0) is 10.9 Å². The Labute approximate surface area is 280 Å². The molecule has 6 aromatic rings. The van der Waals surface area contributed by atoms with E-state index in [9.17, 15) is 26.3 Å². The summed E-state index contributed by atoms with van der Waals surface area (Å²) in [5.74, 6) is -6.71. The van der Waals surface area contributed by atoms with Crippen molar-refractivity contribution in [3.63, 3.8) is 0 Å². The average molecular weight is 671 g/mol. The number of rotatable bonds is 9. The van der Waals surface area contributed by atoms with Crippen LogP contribution in [0.4, 0.5) is 26.3 Å². The number of hydrogen-bond donors (Lipinski definition) is 0. The lowest BCUT2D eigenvalue weighted by molar-refractivity contribution is 0.585. The van der Waals surface area contributed by atoms with Crippen molar-refractivity contribution in [3.8, 4) is 0 Å². The first kappa shape index (κ1) is 34.6. The third-order valence-electron chi connectivity index (χ3n) is 8.40. The molecule has 0 aliphatic carbocycles. The first-order valence-corrected chi connectivity index (χ1v) is 16.9. The van der Waals surface area contributed by atoms with E-state index in [0.717, 1.165) is 54.6 Å². The molecular weight excluding hydrogens is 637 g/mol. The Morgan fingerprint density at radius 3 is 0.917 bits per heavy atom. The van der Waals surface area contributed by atoms with Crippen molar-refractivity contribution in [1.29, 1.82) is 0 Å². The third kappa shape index (κ3) is 7.24. The fraction of sp³-hybridized carbons (Fsp3) is 0.100. The summed E-state index contributed by atoms with van der Waals surface area (Å²) >= 11 is 0. The second-order valence-corrected chi connectivity index (χ2v) is 13.4. The van der Waals surface area contributed by atoms with E-state index < -0.39 is 57.4 Å². The molecule has 0 bridgehead atoms. The molecule has 0 N–H and O–H groups in total. The predicted octanol–water partition coefficient (Wildman–Crippen LogP) is 9.57. The van der Waals surface area contributed by atoms with E-state index in [-0.39, 0.29) is 23.6 Å². The minimum atomic E-state index is -3.32. The Morgan fingerprint density at radius 2 is 0.667 bits per heavy atom. The monoisotopic (exact) mass is 670 g/mol. The quantitative estimate of drug-likeness (QED) is 0.0817. The van der Waals surface area contributed by atoms with E-state index in [1.54, 1.807) is 6.92 Å². The zero-order valence-corrected chi connectivity index (χ0v) is 27.0. The summed E-state index contributed by atoms with van der Waals surface area (Å²) in [5.41, 5.74) is -2.18. The summed E-state index contributed by atoms with van der Waals surface area (Å²) in [6.45, 7) is 1.76. The van der Waals surface area contributed by atoms with Gasteiger partial charge in [-0.2, -0.15) is 6.32 Å². The number of benzene rings is 6. The average Bonchev–Trinajstić information content (AvgIpc) is 3.09. The van der Waals surface area contributed by atoms with Gasteiger partial charge in [-0.05, 0) is 72.8 Å². The number of hydrogen-bond acceptors (Lipinski definition) is 0. The molecule has 6 aromatic carbocycles. The second kappa shape index (κ2) is 15.9. The molecule has 0 radical (unpaired) electrons. The Kier molecular flexibility index (Phi) is 11.5. The highest BCUT2D eigenvalue weighted by Crippen LogP contribution is 2.30. The molecule has 0 atom stereocenters. The van der Waals surface area contributed by atoms with Crippen molar-refractivity contribution in [2.24, 2.45) is 0 Å². The van der Waals surface area contributed by atoms with Crippen LogP contribution in [0.1, 0.15) is 19.8 Å². The van der Waals surface area contributed by atoms with Crippen LogP contribution in [0.5, 0.6) is 0 Å². The highest BCUT2D eigenvalue weighted by atomic mass is 32.2. The molecule has 0 heterocycles. The first-order chi connectivity index (χ1) is 23.3. The van der Waals surface area contributed by atoms with E-state index in [2.05, 4.69) is 91.0 Å². The van der Waals surface area contributed by atoms with Gasteiger partial charge in [0.1, 0.15) is 6.15 Å². The van der Waals surface area contributed by atoms with Crippen molar-refractivity contribution in [2.45, 2.75) is 40.8 Å². The number of unbranched alkanes of at least 4 members (excludes halogenated alkanes) is 1. The maximum Gasteiger partial charge on any atom is 0.166 e. The summed E-state index contributed by atoms with van der Waals surface area (Å²) < 4.78 is 89.7. The van der Waals surface area contributed by atoms with Gasteiger partial charge in [0.2, 0.25) is 0 Å². The van der Waals surface area contributed by atoms with E-state index in [1.807, 2.05) is 0 Å². The van der Waals surface area contributed by atoms with Gasteiger partial charge < -0.3 is 0 Å². The lowest BCUT2D eigenvalue weighted by atomic mass is 9.13. The van der Waals surface area contributed by atoms with Gasteiger partial charge in [-0.25, -0.2) is 26.3 Å². The maximum atomic E-state index is 15.0. The summed E-state index contributed by atoms with van der Waals surface area (Å²) in [4.78, 5) is 4.08. The molecule has 8 heteroatoms. The zero-order chi connectivity index (χ0) is 34.1. The molecule has 0 aromatic heterocycles. The SMILES string of the molecule is CCCC[B-](c1c(F)cccc1F)(c1c(F)cccc1F)c1c(F)cccc1F.c1ccc([S+](c2ccccc2)c2ccccc2)cc1. The molecule has 0 saturated carbocycles. The molecular formula is C40H33BF6S. The van der Waals surface area contributed by atoms with Gasteiger partial charge in [0.05, 0.1) is 45.8 Å². The summed E-state index contributed by atoms with van der Waals surface area (Å²) in [6.07, 6.45) is -2.85. The van der Waals surface area contributed by atoms with E-state index >= 15 is 0 Å². The van der Waals surface area contributed by atoms with Crippen LogP contribution in [-0.4, -0.2) is 6.15 Å². The van der Waals surface area contributed by atoms with Crippen LogP contribution in [0.2, 0.25) is 6.32 Å². The normalized spacial score (nSPS) is 11.2. The molecule has 0 unspecified atom stereocenters. The summed E-state index contributed by atoms with van der Waals surface area (Å²) in [7, 11) is -0.0146. The highest BCUT2D eigenvalue weighted by molar-refractivity contribution is 7.97. The van der Waals surface area contributed by atoms with Gasteiger partial charge in [-0.1, -0.05) is 92.6 Å². The first-order valence-electron chi connectivity index (χ1n) is 15.7. The summed E-state index contributed by atoms with van der Waals surface area (Å²) in [6, 6.07) is 40.9. The van der Waals surface area contributed by atoms with Crippen LogP contribution in [0, 0.1) is 34.9 Å². The minimum Gasteiger partial charge on any atom is -0.210 e. The largest absolute Gasteiger partial charge is 0.210 e. The van der Waals surface area contributed by atoms with E-state index in [4.69, 9.17) is 0 Å². The second-order valence-electron chi connectivity index (χ2n) is 11.3. The van der Waals surface area contributed by atoms with Gasteiger partial charge in [0, 0.05) is 0 Å². The molecule has 0 spiro atoms. The van der Waals surface area contributed by atoms with Crippen molar-refractivity contribution >= 4 is 33.4 Å². The van der Waals surface area contributed by atoms with Gasteiger partial charge in [-0.3, -0.25) is 0 Å². The van der Waals surface area contributed by atoms with Crippen LogP contribution in [0.15, 0.2) is 160 Å². The predicted molar refractivity (Wildman–Crippen MR) is 185 cm³/mol. The van der Waals surface area contributed by atoms with Gasteiger partial charge in [-0.15, -0.1) is 16.4 Å². The Bertz CT molecular complexity index is 1660. The van der Waals surface area contributed by atoms with Gasteiger partial charge >= 0.3 is 0 Å². The lowest BCUT2D eigenvalue weighted by Gasteiger charge is -2.43. The van der Waals surface area contributed by atoms with E-state index in [1.165, 1.54) is 14.7 Å². The fourth-order valence-corrected chi connectivity index (χ4v) is 8.50. The molecule has 244 valence electrons. The Morgan fingerprint density at radius 1 is 0.396 bits per heavy atom. The minimum absolute atomic E-state index is 0.0146. The standard InChI is InChI=1S/C22H18BF6.C18H15S/c1-2-3-13-23(20-14(24)7-4-8-15(20)25,21-16(26)9-5-10-17(21)27)22-18(28)11-6-12-19(22)29;1-4-10-16(11-5-1)19(17-12-6-2-7-13-17)18-14-8-3-9-15-18/h4-12H,2-3,13H2,1H3;1-15H/q-1;+1. The van der Waals surface area contributed by atoms with Gasteiger partial charge in [0.25, 0.3) is 0 Å². The van der Waals surface area contributed by atoms with Crippen molar-refractivity contribution in [1.82, 2.24) is 0 Å².